The average Bonchev–Trinajstić information content (AvgIpc) is 2.53. The summed E-state index contributed by atoms with van der Waals surface area (Å²) in [6.07, 6.45) is 5.18. The molecule has 0 aliphatic heterocycles. The summed E-state index contributed by atoms with van der Waals surface area (Å²) in [5.41, 5.74) is 0.0149. The van der Waals surface area contributed by atoms with Gasteiger partial charge in [-0.1, -0.05) is 33.6 Å². The Morgan fingerprint density at radius 2 is 1.93 bits per heavy atom. The minimum atomic E-state index is -0.708. The lowest BCUT2D eigenvalue weighted by atomic mass is 9.84. The largest absolute Gasteiger partial charge is 0.481 e. The zero-order chi connectivity index (χ0) is 11.5. The monoisotopic (exact) mass is 213 g/mol. The molecular formula is C12H23NO2. The predicted molar refractivity (Wildman–Crippen MR) is 60.9 cm³/mol. The van der Waals surface area contributed by atoms with Crippen LogP contribution in [0.3, 0.4) is 0 Å². The molecule has 1 rings (SSSR count). The number of carbonyl (C=O) groups is 1. The van der Waals surface area contributed by atoms with Crippen LogP contribution in [-0.4, -0.2) is 23.2 Å². The fraction of sp³-hybridized carbons (Fsp3) is 0.917. The van der Waals surface area contributed by atoms with Crippen LogP contribution in [0.2, 0.25) is 0 Å². The van der Waals surface area contributed by atoms with Crippen LogP contribution in [0.5, 0.6) is 0 Å². The van der Waals surface area contributed by atoms with E-state index in [9.17, 15) is 4.79 Å². The van der Waals surface area contributed by atoms with Gasteiger partial charge >= 0.3 is 5.97 Å². The number of hydrogen-bond donors (Lipinski definition) is 2. The summed E-state index contributed by atoms with van der Waals surface area (Å²) < 4.78 is 0. The second-order valence-corrected chi connectivity index (χ2v) is 5.66. The van der Waals surface area contributed by atoms with Crippen LogP contribution in [0, 0.1) is 5.41 Å². The third-order valence-electron chi connectivity index (χ3n) is 3.22. The van der Waals surface area contributed by atoms with E-state index in [0.717, 1.165) is 0 Å². The van der Waals surface area contributed by atoms with Gasteiger partial charge in [0.1, 0.15) is 0 Å². The van der Waals surface area contributed by atoms with Crippen molar-refractivity contribution in [3.8, 4) is 0 Å². The normalized spacial score (nSPS) is 20.5. The highest BCUT2D eigenvalue weighted by Gasteiger charge is 2.29. The first-order valence-corrected chi connectivity index (χ1v) is 5.87. The molecule has 0 aromatic heterocycles. The van der Waals surface area contributed by atoms with Crippen LogP contribution < -0.4 is 5.32 Å². The molecule has 0 radical (unpaired) electrons. The van der Waals surface area contributed by atoms with Crippen molar-refractivity contribution >= 4 is 5.97 Å². The van der Waals surface area contributed by atoms with E-state index in [4.69, 9.17) is 5.11 Å². The van der Waals surface area contributed by atoms with Crippen LogP contribution in [0.4, 0.5) is 0 Å². The van der Waals surface area contributed by atoms with Crippen molar-refractivity contribution in [2.75, 3.05) is 0 Å². The molecular weight excluding hydrogens is 190 g/mol. The molecule has 0 spiro atoms. The Labute approximate surface area is 92.3 Å². The molecule has 1 aliphatic rings. The molecule has 1 saturated carbocycles. The van der Waals surface area contributed by atoms with E-state index in [0.29, 0.717) is 6.04 Å². The summed E-state index contributed by atoms with van der Waals surface area (Å²) >= 11 is 0. The van der Waals surface area contributed by atoms with Gasteiger partial charge in [-0.05, 0) is 18.3 Å². The van der Waals surface area contributed by atoms with Crippen molar-refractivity contribution in [3.05, 3.63) is 0 Å². The standard InChI is InChI=1S/C12H23NO2/c1-12(2,3)10(8-11(14)15)13-9-6-4-5-7-9/h9-10,13H,4-8H2,1-3H3,(H,14,15). The third kappa shape index (κ3) is 4.20. The zero-order valence-electron chi connectivity index (χ0n) is 10.0. The molecule has 1 unspecified atom stereocenters. The first-order valence-electron chi connectivity index (χ1n) is 5.87. The fourth-order valence-electron chi connectivity index (χ4n) is 2.17. The lowest BCUT2D eigenvalue weighted by Crippen LogP contribution is -2.46. The van der Waals surface area contributed by atoms with Crippen LogP contribution in [0.1, 0.15) is 52.9 Å². The summed E-state index contributed by atoms with van der Waals surface area (Å²) in [5, 5.41) is 12.4. The van der Waals surface area contributed by atoms with Crippen molar-refractivity contribution in [2.45, 2.75) is 65.0 Å². The Kier molecular flexibility index (Phi) is 4.14. The van der Waals surface area contributed by atoms with Gasteiger partial charge in [-0.2, -0.15) is 0 Å². The first kappa shape index (κ1) is 12.5. The number of hydrogen-bond acceptors (Lipinski definition) is 2. The molecule has 1 atom stereocenters. The van der Waals surface area contributed by atoms with E-state index < -0.39 is 5.97 Å². The van der Waals surface area contributed by atoms with Crippen LogP contribution in [0.25, 0.3) is 0 Å². The van der Waals surface area contributed by atoms with E-state index in [2.05, 4.69) is 26.1 Å². The van der Waals surface area contributed by atoms with Crippen molar-refractivity contribution in [1.82, 2.24) is 5.32 Å². The van der Waals surface area contributed by atoms with Gasteiger partial charge in [0.05, 0.1) is 6.42 Å². The van der Waals surface area contributed by atoms with Crippen LogP contribution >= 0.6 is 0 Å². The summed E-state index contributed by atoms with van der Waals surface area (Å²) in [6.45, 7) is 6.30. The molecule has 0 amide bonds. The number of nitrogens with one attached hydrogen (secondary N) is 1. The number of rotatable bonds is 4. The Morgan fingerprint density at radius 1 is 1.40 bits per heavy atom. The number of carboxylic acids is 1. The number of carboxylic acid groups (broad SMARTS) is 1. The van der Waals surface area contributed by atoms with Gasteiger partial charge in [-0.3, -0.25) is 4.79 Å². The number of aliphatic carboxylic acids is 1. The van der Waals surface area contributed by atoms with Gasteiger partial charge in [0, 0.05) is 12.1 Å². The molecule has 0 heterocycles. The molecule has 0 aromatic carbocycles. The minimum Gasteiger partial charge on any atom is -0.481 e. The van der Waals surface area contributed by atoms with Crippen molar-refractivity contribution < 1.29 is 9.90 Å². The minimum absolute atomic E-state index is 0.0149. The molecule has 0 aromatic rings. The Balaban J connectivity index is 2.51. The van der Waals surface area contributed by atoms with Gasteiger partial charge in [0.2, 0.25) is 0 Å². The SMILES string of the molecule is CC(C)(C)C(CC(=O)O)NC1CCCC1. The Morgan fingerprint density at radius 3 is 2.33 bits per heavy atom. The second-order valence-electron chi connectivity index (χ2n) is 5.66. The van der Waals surface area contributed by atoms with Gasteiger partial charge in [-0.15, -0.1) is 0 Å². The molecule has 15 heavy (non-hydrogen) atoms. The summed E-state index contributed by atoms with van der Waals surface area (Å²) in [5.74, 6) is -0.708. The van der Waals surface area contributed by atoms with E-state index >= 15 is 0 Å². The van der Waals surface area contributed by atoms with Crippen LogP contribution in [0.15, 0.2) is 0 Å². The molecule has 1 aliphatic carbocycles. The maximum absolute atomic E-state index is 10.8. The molecule has 0 bridgehead atoms. The Hall–Kier alpha value is -0.570. The molecule has 88 valence electrons. The van der Waals surface area contributed by atoms with Crippen molar-refractivity contribution in [2.24, 2.45) is 5.41 Å². The second kappa shape index (κ2) is 4.97. The first-order chi connectivity index (χ1) is 6.89. The highest BCUT2D eigenvalue weighted by molar-refractivity contribution is 5.67. The lowest BCUT2D eigenvalue weighted by molar-refractivity contribution is -0.138. The molecule has 1 fully saturated rings. The highest BCUT2D eigenvalue weighted by Crippen LogP contribution is 2.26. The highest BCUT2D eigenvalue weighted by atomic mass is 16.4. The van der Waals surface area contributed by atoms with Crippen molar-refractivity contribution in [3.63, 3.8) is 0 Å². The van der Waals surface area contributed by atoms with E-state index in [1.165, 1.54) is 25.7 Å². The van der Waals surface area contributed by atoms with Gasteiger partial charge in [0.25, 0.3) is 0 Å². The maximum atomic E-state index is 10.8. The topological polar surface area (TPSA) is 49.3 Å². The lowest BCUT2D eigenvalue weighted by Gasteiger charge is -2.33. The zero-order valence-corrected chi connectivity index (χ0v) is 10.0. The molecule has 3 nitrogen and oxygen atoms in total. The summed E-state index contributed by atoms with van der Waals surface area (Å²) in [6, 6.07) is 0.617. The molecule has 3 heteroatoms. The van der Waals surface area contributed by atoms with E-state index in [1.807, 2.05) is 0 Å². The van der Waals surface area contributed by atoms with Gasteiger partial charge in [0.15, 0.2) is 0 Å². The summed E-state index contributed by atoms with van der Waals surface area (Å²) in [7, 11) is 0. The summed E-state index contributed by atoms with van der Waals surface area (Å²) in [4.78, 5) is 10.8. The van der Waals surface area contributed by atoms with Gasteiger partial charge in [-0.25, -0.2) is 0 Å². The third-order valence-corrected chi connectivity index (χ3v) is 3.22. The molecule has 2 N–H and O–H groups in total. The van der Waals surface area contributed by atoms with Gasteiger partial charge < -0.3 is 10.4 Å². The average molecular weight is 213 g/mol. The van der Waals surface area contributed by atoms with Crippen molar-refractivity contribution in [1.29, 1.82) is 0 Å². The smallest absolute Gasteiger partial charge is 0.304 e. The van der Waals surface area contributed by atoms with E-state index in [1.54, 1.807) is 0 Å². The Bertz CT molecular complexity index is 214. The molecule has 0 saturated heterocycles. The maximum Gasteiger partial charge on any atom is 0.304 e. The predicted octanol–water partition coefficient (Wildman–Crippen LogP) is 2.41. The fourth-order valence-corrected chi connectivity index (χ4v) is 2.17. The van der Waals surface area contributed by atoms with E-state index in [-0.39, 0.29) is 17.9 Å². The quantitative estimate of drug-likeness (QED) is 0.754. The van der Waals surface area contributed by atoms with Crippen LogP contribution in [-0.2, 0) is 4.79 Å².